The molecular formula is C15H32N2. The van der Waals surface area contributed by atoms with Crippen LogP contribution >= 0.6 is 0 Å². The van der Waals surface area contributed by atoms with Crippen LogP contribution in [0.3, 0.4) is 0 Å². The second-order valence-electron chi connectivity index (χ2n) is 6.44. The van der Waals surface area contributed by atoms with E-state index < -0.39 is 0 Å². The molecule has 17 heavy (non-hydrogen) atoms. The second kappa shape index (κ2) is 7.38. The molecule has 2 heteroatoms. The van der Waals surface area contributed by atoms with Crippen LogP contribution < -0.4 is 5.32 Å². The Labute approximate surface area is 108 Å². The number of hydrogen-bond acceptors (Lipinski definition) is 2. The Morgan fingerprint density at radius 1 is 1.24 bits per heavy atom. The van der Waals surface area contributed by atoms with Crippen LogP contribution in [0.2, 0.25) is 0 Å². The van der Waals surface area contributed by atoms with Gasteiger partial charge in [0, 0.05) is 19.6 Å². The van der Waals surface area contributed by atoms with E-state index in [1.807, 2.05) is 0 Å². The lowest BCUT2D eigenvalue weighted by atomic mass is 9.69. The standard InChI is InChI=1S/C15H32N2/c1-5-10-16-11-12-17(4)13-14-8-6-7-9-15(14,2)3/h14,16H,5-13H2,1-4H3. The summed E-state index contributed by atoms with van der Waals surface area (Å²) in [5.74, 6) is 0.896. The molecule has 1 aliphatic carbocycles. The first-order valence-corrected chi connectivity index (χ1v) is 7.45. The molecule has 0 aromatic rings. The number of hydrogen-bond donors (Lipinski definition) is 1. The molecule has 0 aromatic carbocycles. The van der Waals surface area contributed by atoms with Gasteiger partial charge in [-0.3, -0.25) is 0 Å². The molecule has 1 aliphatic rings. The van der Waals surface area contributed by atoms with Gasteiger partial charge in [0.1, 0.15) is 0 Å². The number of rotatable bonds is 7. The molecule has 0 aromatic heterocycles. The summed E-state index contributed by atoms with van der Waals surface area (Å²) in [4.78, 5) is 2.51. The lowest BCUT2D eigenvalue weighted by molar-refractivity contribution is 0.0999. The first-order chi connectivity index (χ1) is 8.06. The predicted octanol–water partition coefficient (Wildman–Crippen LogP) is 3.13. The first kappa shape index (κ1) is 15.0. The topological polar surface area (TPSA) is 15.3 Å². The predicted molar refractivity (Wildman–Crippen MR) is 76.4 cm³/mol. The van der Waals surface area contributed by atoms with Crippen molar-refractivity contribution in [1.29, 1.82) is 0 Å². The van der Waals surface area contributed by atoms with Crippen LogP contribution in [0.15, 0.2) is 0 Å². The van der Waals surface area contributed by atoms with Gasteiger partial charge in [-0.15, -0.1) is 0 Å². The Bertz CT molecular complexity index is 201. The van der Waals surface area contributed by atoms with Crippen molar-refractivity contribution in [2.24, 2.45) is 11.3 Å². The van der Waals surface area contributed by atoms with Gasteiger partial charge in [-0.1, -0.05) is 33.6 Å². The van der Waals surface area contributed by atoms with Crippen molar-refractivity contribution >= 4 is 0 Å². The fourth-order valence-electron chi connectivity index (χ4n) is 2.94. The fraction of sp³-hybridized carbons (Fsp3) is 1.00. The zero-order valence-corrected chi connectivity index (χ0v) is 12.4. The maximum absolute atomic E-state index is 3.48. The van der Waals surface area contributed by atoms with Crippen molar-refractivity contribution in [3.63, 3.8) is 0 Å². The zero-order chi connectivity index (χ0) is 12.7. The van der Waals surface area contributed by atoms with Gasteiger partial charge in [-0.2, -0.15) is 0 Å². The van der Waals surface area contributed by atoms with Crippen molar-refractivity contribution in [2.75, 3.05) is 33.2 Å². The van der Waals surface area contributed by atoms with Gasteiger partial charge in [0.25, 0.3) is 0 Å². The van der Waals surface area contributed by atoms with Gasteiger partial charge in [-0.25, -0.2) is 0 Å². The number of nitrogens with one attached hydrogen (secondary N) is 1. The van der Waals surface area contributed by atoms with Crippen molar-refractivity contribution in [2.45, 2.75) is 52.9 Å². The van der Waals surface area contributed by atoms with E-state index in [1.54, 1.807) is 0 Å². The minimum Gasteiger partial charge on any atom is -0.315 e. The summed E-state index contributed by atoms with van der Waals surface area (Å²) in [5, 5.41) is 3.48. The normalized spacial score (nSPS) is 24.2. The largest absolute Gasteiger partial charge is 0.315 e. The molecule has 0 spiro atoms. The third-order valence-corrected chi connectivity index (χ3v) is 4.36. The van der Waals surface area contributed by atoms with E-state index in [-0.39, 0.29) is 0 Å². The summed E-state index contributed by atoms with van der Waals surface area (Å²) in [6.45, 7) is 11.9. The second-order valence-corrected chi connectivity index (χ2v) is 6.44. The SMILES string of the molecule is CCCNCCN(C)CC1CCCCC1(C)C. The highest BCUT2D eigenvalue weighted by Gasteiger charge is 2.32. The van der Waals surface area contributed by atoms with Gasteiger partial charge in [-0.05, 0) is 44.2 Å². The van der Waals surface area contributed by atoms with Gasteiger partial charge >= 0.3 is 0 Å². The monoisotopic (exact) mass is 240 g/mol. The minimum absolute atomic E-state index is 0.559. The van der Waals surface area contributed by atoms with E-state index in [0.29, 0.717) is 5.41 Å². The molecular weight excluding hydrogens is 208 g/mol. The Morgan fingerprint density at radius 3 is 2.65 bits per heavy atom. The first-order valence-electron chi connectivity index (χ1n) is 7.45. The lowest BCUT2D eigenvalue weighted by Crippen LogP contribution is -2.39. The van der Waals surface area contributed by atoms with Crippen LogP contribution in [-0.2, 0) is 0 Å². The van der Waals surface area contributed by atoms with Crippen LogP contribution in [0.1, 0.15) is 52.9 Å². The molecule has 1 rings (SSSR count). The van der Waals surface area contributed by atoms with Crippen molar-refractivity contribution in [3.05, 3.63) is 0 Å². The van der Waals surface area contributed by atoms with E-state index >= 15 is 0 Å². The highest BCUT2D eigenvalue weighted by atomic mass is 15.1. The van der Waals surface area contributed by atoms with Crippen molar-refractivity contribution in [1.82, 2.24) is 10.2 Å². The van der Waals surface area contributed by atoms with Gasteiger partial charge in [0.05, 0.1) is 0 Å². The Morgan fingerprint density at radius 2 is 2.00 bits per heavy atom. The smallest absolute Gasteiger partial charge is 0.0104 e. The van der Waals surface area contributed by atoms with E-state index in [0.717, 1.165) is 19.0 Å². The van der Waals surface area contributed by atoms with E-state index in [4.69, 9.17) is 0 Å². The molecule has 1 saturated carbocycles. The summed E-state index contributed by atoms with van der Waals surface area (Å²) in [6.07, 6.45) is 6.96. The fourth-order valence-corrected chi connectivity index (χ4v) is 2.94. The summed E-state index contributed by atoms with van der Waals surface area (Å²) in [7, 11) is 2.28. The molecule has 0 amide bonds. The molecule has 1 atom stereocenters. The van der Waals surface area contributed by atoms with Gasteiger partial charge < -0.3 is 10.2 Å². The average molecular weight is 240 g/mol. The molecule has 1 N–H and O–H groups in total. The molecule has 0 bridgehead atoms. The molecule has 1 fully saturated rings. The molecule has 1 unspecified atom stereocenters. The molecule has 2 nitrogen and oxygen atoms in total. The Balaban J connectivity index is 2.22. The van der Waals surface area contributed by atoms with E-state index in [2.05, 4.69) is 38.0 Å². The third-order valence-electron chi connectivity index (χ3n) is 4.36. The molecule has 102 valence electrons. The summed E-state index contributed by atoms with van der Waals surface area (Å²) >= 11 is 0. The van der Waals surface area contributed by atoms with Crippen molar-refractivity contribution < 1.29 is 0 Å². The Hall–Kier alpha value is -0.0800. The van der Waals surface area contributed by atoms with E-state index in [1.165, 1.54) is 45.2 Å². The zero-order valence-electron chi connectivity index (χ0n) is 12.4. The summed E-state index contributed by atoms with van der Waals surface area (Å²) in [6, 6.07) is 0. The summed E-state index contributed by atoms with van der Waals surface area (Å²) in [5.41, 5.74) is 0.559. The highest BCUT2D eigenvalue weighted by molar-refractivity contribution is 4.84. The van der Waals surface area contributed by atoms with Crippen molar-refractivity contribution in [3.8, 4) is 0 Å². The average Bonchev–Trinajstić information content (AvgIpc) is 2.27. The molecule has 0 saturated heterocycles. The van der Waals surface area contributed by atoms with Crippen LogP contribution in [0.4, 0.5) is 0 Å². The lowest BCUT2D eigenvalue weighted by Gasteiger charge is -2.40. The molecule has 0 radical (unpaired) electrons. The number of likely N-dealkylation sites (N-methyl/N-ethyl adjacent to an activating group) is 1. The van der Waals surface area contributed by atoms with E-state index in [9.17, 15) is 0 Å². The van der Waals surface area contributed by atoms with Crippen LogP contribution in [0.25, 0.3) is 0 Å². The van der Waals surface area contributed by atoms with Crippen LogP contribution in [-0.4, -0.2) is 38.1 Å². The number of nitrogens with zero attached hydrogens (tertiary/aromatic N) is 1. The molecule has 0 heterocycles. The quantitative estimate of drug-likeness (QED) is 0.688. The third kappa shape index (κ3) is 5.39. The maximum Gasteiger partial charge on any atom is 0.0104 e. The molecule has 0 aliphatic heterocycles. The van der Waals surface area contributed by atoms with Crippen LogP contribution in [0, 0.1) is 11.3 Å². The highest BCUT2D eigenvalue weighted by Crippen LogP contribution is 2.40. The Kier molecular flexibility index (Phi) is 6.50. The minimum atomic E-state index is 0.559. The van der Waals surface area contributed by atoms with Gasteiger partial charge in [0.2, 0.25) is 0 Å². The maximum atomic E-state index is 3.48. The summed E-state index contributed by atoms with van der Waals surface area (Å²) < 4.78 is 0. The van der Waals surface area contributed by atoms with Gasteiger partial charge in [0.15, 0.2) is 0 Å². The van der Waals surface area contributed by atoms with Crippen LogP contribution in [0.5, 0.6) is 0 Å².